The lowest BCUT2D eigenvalue weighted by Crippen LogP contribution is -2.55. The first-order chi connectivity index (χ1) is 30.2. The summed E-state index contributed by atoms with van der Waals surface area (Å²) in [7, 11) is 0. The van der Waals surface area contributed by atoms with Gasteiger partial charge in [0.15, 0.2) is 0 Å². The van der Waals surface area contributed by atoms with Crippen molar-refractivity contribution in [3.05, 3.63) is 119 Å². The summed E-state index contributed by atoms with van der Waals surface area (Å²) >= 11 is 0. The van der Waals surface area contributed by atoms with E-state index in [9.17, 15) is 38.5 Å². The van der Waals surface area contributed by atoms with Gasteiger partial charge >= 0.3 is 5.97 Å². The molecule has 6 rings (SSSR count). The second kappa shape index (κ2) is 22.1. The fourth-order valence-electron chi connectivity index (χ4n) is 9.38. The number of carbonyl (C=O) groups is 3. The lowest BCUT2D eigenvalue weighted by molar-refractivity contribution is -0.158. The Morgan fingerprint density at radius 2 is 1.59 bits per heavy atom. The predicted molar refractivity (Wildman–Crippen MR) is 237 cm³/mol. The predicted octanol–water partition coefficient (Wildman–Crippen LogP) is 8.71. The molecule has 3 aliphatic rings. The second-order valence-electron chi connectivity index (χ2n) is 17.9. The molecule has 1 saturated heterocycles. The van der Waals surface area contributed by atoms with Gasteiger partial charge in [0.1, 0.15) is 23.5 Å². The molecule has 3 aromatic carbocycles. The van der Waals surface area contributed by atoms with E-state index in [-0.39, 0.29) is 66.4 Å². The second-order valence-corrected chi connectivity index (χ2v) is 17.9. The number of benzene rings is 3. The van der Waals surface area contributed by atoms with Crippen LogP contribution in [0.3, 0.4) is 0 Å². The van der Waals surface area contributed by atoms with Gasteiger partial charge < -0.3 is 35.0 Å². The van der Waals surface area contributed by atoms with Crippen molar-refractivity contribution in [2.75, 3.05) is 18.1 Å². The van der Waals surface area contributed by atoms with E-state index < -0.39 is 35.9 Å². The summed E-state index contributed by atoms with van der Waals surface area (Å²) in [5.41, 5.74) is 3.18. The number of ether oxygens (including phenoxy) is 2. The molecule has 63 heavy (non-hydrogen) atoms. The van der Waals surface area contributed by atoms with Crippen molar-refractivity contribution in [2.45, 2.75) is 116 Å². The van der Waals surface area contributed by atoms with Crippen LogP contribution in [0.4, 0.5) is 14.5 Å². The van der Waals surface area contributed by atoms with Gasteiger partial charge in [0.2, 0.25) is 11.8 Å². The molecule has 1 aliphatic heterocycles. The Morgan fingerprint density at radius 1 is 0.905 bits per heavy atom. The van der Waals surface area contributed by atoms with E-state index in [0.29, 0.717) is 68.2 Å². The highest BCUT2D eigenvalue weighted by Crippen LogP contribution is 2.47. The smallest absolute Gasteiger partial charge is 0.308 e. The molecule has 2 aliphatic carbocycles. The zero-order valence-electron chi connectivity index (χ0n) is 36.9. The van der Waals surface area contributed by atoms with Crippen LogP contribution in [0, 0.1) is 47.1 Å². The van der Waals surface area contributed by atoms with Crippen molar-refractivity contribution >= 4 is 23.5 Å². The highest BCUT2D eigenvalue weighted by Gasteiger charge is 2.48. The highest BCUT2D eigenvalue weighted by atomic mass is 19.1. The number of β-lactam (4-membered cyclic amide) rings is 1. The monoisotopic (exact) mass is 870 g/mol. The number of rotatable bonds is 21. The molecular formula is C51H64F2N2O8. The van der Waals surface area contributed by atoms with Gasteiger partial charge in [-0.3, -0.25) is 14.4 Å². The Labute approximate surface area is 370 Å². The number of fused-ring (bicyclic) bond motifs is 1. The van der Waals surface area contributed by atoms with Gasteiger partial charge in [-0.2, -0.15) is 0 Å². The molecule has 11 atom stereocenters. The van der Waals surface area contributed by atoms with Crippen LogP contribution in [0.2, 0.25) is 0 Å². The number of aliphatic hydroxyl groups excluding tert-OH is 3. The molecule has 0 saturated carbocycles. The molecule has 1 fully saturated rings. The van der Waals surface area contributed by atoms with Crippen molar-refractivity contribution in [2.24, 2.45) is 35.5 Å². The maximum atomic E-state index is 13.7. The molecule has 3 aromatic rings. The number of nitrogens with zero attached hydrogens (tertiary/aromatic N) is 1. The molecular weight excluding hydrogens is 807 g/mol. The molecule has 0 aromatic heterocycles. The topological polar surface area (TPSA) is 146 Å². The third-order valence-corrected chi connectivity index (χ3v) is 13.1. The Bertz CT molecular complexity index is 2040. The highest BCUT2D eigenvalue weighted by molar-refractivity contribution is 6.03. The Morgan fingerprint density at radius 3 is 2.27 bits per heavy atom. The Kier molecular flexibility index (Phi) is 16.7. The number of esters is 1. The van der Waals surface area contributed by atoms with Gasteiger partial charge in [-0.25, -0.2) is 8.78 Å². The van der Waals surface area contributed by atoms with Crippen LogP contribution in [-0.4, -0.2) is 64.6 Å². The Balaban J connectivity index is 0.927. The van der Waals surface area contributed by atoms with Crippen molar-refractivity contribution in [1.82, 2.24) is 5.32 Å². The number of anilines is 1. The van der Waals surface area contributed by atoms with Crippen LogP contribution in [0.5, 0.6) is 5.75 Å². The zero-order chi connectivity index (χ0) is 45.2. The lowest BCUT2D eigenvalue weighted by Gasteiger charge is -2.48. The first-order valence-electron chi connectivity index (χ1n) is 22.7. The lowest BCUT2D eigenvalue weighted by atomic mass is 9.65. The van der Waals surface area contributed by atoms with Crippen molar-refractivity contribution in [3.8, 4) is 5.75 Å². The van der Waals surface area contributed by atoms with E-state index in [1.165, 1.54) is 42.0 Å². The van der Waals surface area contributed by atoms with Gasteiger partial charge in [0.05, 0.1) is 49.2 Å². The molecule has 0 radical (unpaired) electrons. The largest absolute Gasteiger partial charge is 0.494 e. The van der Waals surface area contributed by atoms with E-state index in [2.05, 4.69) is 37.4 Å². The van der Waals surface area contributed by atoms with Gasteiger partial charge in [-0.15, -0.1) is 0 Å². The fourth-order valence-corrected chi connectivity index (χ4v) is 9.38. The van der Waals surface area contributed by atoms with Crippen LogP contribution < -0.4 is 15.0 Å². The summed E-state index contributed by atoms with van der Waals surface area (Å²) in [5, 5.41) is 35.2. The van der Waals surface area contributed by atoms with Gasteiger partial charge in [-0.05, 0) is 134 Å². The summed E-state index contributed by atoms with van der Waals surface area (Å²) in [6.07, 6.45) is 7.55. The minimum atomic E-state index is -1.00. The van der Waals surface area contributed by atoms with Crippen molar-refractivity contribution < 1.29 is 48.0 Å². The van der Waals surface area contributed by atoms with E-state index in [1.807, 2.05) is 38.1 Å². The standard InChI is InChI=1S/C51H64F2N2O8/c1-5-32(3)51(61)63-46-28-31(2)27-36-8-7-33(4)43(48(36)46)22-19-40(56)29-41(57)30-47(59)54-25-6-26-62-42-20-11-35(12-21-42)49-44(23-24-45(58)34-9-13-37(52)14-10-34)50(60)55(49)39-17-15-38(53)16-18-39/h7-18,20-21,27,31-33,40-41,43-46,48-49,56-58H,5-6,19,22-26,28-30H2,1-4H3,(H,54,59)/t31-,32-,33-,40+,41+,43-,44+,45-,46-,48-,49+/m0/s1. The van der Waals surface area contributed by atoms with Crippen LogP contribution in [0.1, 0.15) is 109 Å². The summed E-state index contributed by atoms with van der Waals surface area (Å²) in [6.45, 7) is 8.83. The minimum absolute atomic E-state index is 0.0564. The molecule has 1 heterocycles. The molecule has 10 nitrogen and oxygen atoms in total. The van der Waals surface area contributed by atoms with Gasteiger partial charge in [0, 0.05) is 18.2 Å². The SMILES string of the molecule is CC[C@H](C)C(=O)O[C@H]1C[C@@H](C)C=C2C=C[C@H](C)[C@H](CC[C@@H](O)C[C@@H](O)CC(=O)NCCCOc3ccc([C@@H]4[C@@H](CC[C@H](O)c5ccc(F)cc5)C(=O)N4c4ccc(F)cc4)cc3)[C@H]21. The summed E-state index contributed by atoms with van der Waals surface area (Å²) in [5.74, 6) is -0.652. The number of hydrogen-bond donors (Lipinski definition) is 4. The van der Waals surface area contributed by atoms with Crippen LogP contribution in [0.25, 0.3) is 0 Å². The van der Waals surface area contributed by atoms with Crippen molar-refractivity contribution in [3.63, 3.8) is 0 Å². The first kappa shape index (κ1) is 47.6. The minimum Gasteiger partial charge on any atom is -0.494 e. The van der Waals surface area contributed by atoms with Crippen molar-refractivity contribution in [1.29, 1.82) is 0 Å². The summed E-state index contributed by atoms with van der Waals surface area (Å²) < 4.78 is 39.2. The zero-order valence-corrected chi connectivity index (χ0v) is 36.9. The molecule has 12 heteroatoms. The number of aliphatic hydroxyl groups is 3. The van der Waals surface area contributed by atoms with Gasteiger partial charge in [0.25, 0.3) is 0 Å². The average molecular weight is 871 g/mol. The van der Waals surface area contributed by atoms with Crippen LogP contribution >= 0.6 is 0 Å². The van der Waals surface area contributed by atoms with E-state index >= 15 is 0 Å². The first-order valence-corrected chi connectivity index (χ1v) is 22.7. The summed E-state index contributed by atoms with van der Waals surface area (Å²) in [4.78, 5) is 40.6. The quantitative estimate of drug-likeness (QED) is 0.0473. The molecule has 0 bridgehead atoms. The number of allylic oxidation sites excluding steroid dienone is 3. The molecule has 2 amide bonds. The normalized spacial score (nSPS) is 24.9. The van der Waals surface area contributed by atoms with E-state index in [1.54, 1.807) is 17.0 Å². The molecule has 4 N–H and O–H groups in total. The maximum Gasteiger partial charge on any atom is 0.308 e. The van der Waals surface area contributed by atoms with E-state index in [0.717, 1.165) is 18.4 Å². The number of amides is 2. The fraction of sp³-hybridized carbons (Fsp3) is 0.510. The third kappa shape index (κ3) is 12.4. The third-order valence-electron chi connectivity index (χ3n) is 13.1. The molecule has 0 unspecified atom stereocenters. The Hall–Kier alpha value is -4.91. The van der Waals surface area contributed by atoms with Gasteiger partial charge in [-0.1, -0.05) is 70.2 Å². The number of nitrogens with one attached hydrogen (secondary N) is 1. The molecule has 340 valence electrons. The van der Waals surface area contributed by atoms with Crippen LogP contribution in [0.15, 0.2) is 96.6 Å². The van der Waals surface area contributed by atoms with Crippen LogP contribution in [-0.2, 0) is 19.1 Å². The maximum absolute atomic E-state index is 13.7. The average Bonchev–Trinajstić information content (AvgIpc) is 3.25. The number of halogens is 2. The number of carbonyl (C=O) groups excluding carboxylic acids is 3. The number of hydrogen-bond acceptors (Lipinski definition) is 8. The molecule has 0 spiro atoms. The van der Waals surface area contributed by atoms with E-state index in [4.69, 9.17) is 9.47 Å². The summed E-state index contributed by atoms with van der Waals surface area (Å²) in [6, 6.07) is 18.4.